The van der Waals surface area contributed by atoms with E-state index >= 15 is 0 Å². The van der Waals surface area contributed by atoms with Gasteiger partial charge >= 0.3 is 0 Å². The van der Waals surface area contributed by atoms with Gasteiger partial charge in [-0.25, -0.2) is 4.85 Å². The molecule has 0 atom stereocenters. The first-order chi connectivity index (χ1) is 17.9. The number of para-hydroxylation sites is 2. The Morgan fingerprint density at radius 1 is 0.622 bits per heavy atom. The van der Waals surface area contributed by atoms with Crippen LogP contribution in [0.5, 0.6) is 0 Å². The summed E-state index contributed by atoms with van der Waals surface area (Å²) < 4.78 is 3.53. The Morgan fingerprint density at radius 3 is 1.70 bits per heavy atom. The van der Waals surface area contributed by atoms with E-state index in [9.17, 15) is 9.59 Å². The largest absolute Gasteiger partial charge is 0.287 e. The van der Waals surface area contributed by atoms with Gasteiger partial charge in [0.2, 0.25) is 5.69 Å². The molecule has 8 aromatic rings. The summed E-state index contributed by atoms with van der Waals surface area (Å²) in [6.07, 6.45) is 0. The molecule has 0 fully saturated rings. The Hall–Kier alpha value is -4.95. The zero-order chi connectivity index (χ0) is 25.3. The van der Waals surface area contributed by atoms with E-state index in [0.29, 0.717) is 22.0 Å². The Morgan fingerprint density at radius 2 is 1.11 bits per heavy atom. The van der Waals surface area contributed by atoms with Gasteiger partial charge < -0.3 is 0 Å². The third-order valence-electron chi connectivity index (χ3n) is 8.23. The molecule has 4 aromatic carbocycles. The summed E-state index contributed by atoms with van der Waals surface area (Å²) in [6, 6.07) is 19.6. The van der Waals surface area contributed by atoms with Crippen molar-refractivity contribution in [3.8, 4) is 0 Å². The van der Waals surface area contributed by atoms with Crippen LogP contribution in [0, 0.1) is 27.3 Å². The van der Waals surface area contributed by atoms with Crippen molar-refractivity contribution in [1.82, 2.24) is 8.80 Å². The second kappa shape index (κ2) is 6.43. The molecule has 0 N–H and O–H groups in total. The highest BCUT2D eigenvalue weighted by Crippen LogP contribution is 2.44. The zero-order valence-electron chi connectivity index (χ0n) is 20.4. The lowest BCUT2D eigenvalue weighted by Gasteiger charge is -2.17. The molecule has 8 rings (SSSR count). The fourth-order valence-corrected chi connectivity index (χ4v) is 6.78. The molecule has 0 aliphatic heterocycles. The molecule has 5 heteroatoms. The Kier molecular flexibility index (Phi) is 3.52. The van der Waals surface area contributed by atoms with Crippen LogP contribution in [0.15, 0.2) is 70.3 Å². The number of fused-ring (bicyclic) bond motifs is 8. The molecule has 0 bridgehead atoms. The molecule has 4 aromatic heterocycles. The predicted octanol–water partition coefficient (Wildman–Crippen LogP) is 7.03. The molecular weight excluding hydrogens is 458 g/mol. The lowest BCUT2D eigenvalue weighted by Crippen LogP contribution is -2.18. The lowest BCUT2D eigenvalue weighted by molar-refractivity contribution is 1.19. The van der Waals surface area contributed by atoms with Crippen LogP contribution >= 0.6 is 0 Å². The summed E-state index contributed by atoms with van der Waals surface area (Å²) in [5, 5.41) is 6.45. The second-order valence-electron chi connectivity index (χ2n) is 10.1. The zero-order valence-corrected chi connectivity index (χ0v) is 20.4. The van der Waals surface area contributed by atoms with Gasteiger partial charge in [-0.15, -0.1) is 0 Å². The maximum atomic E-state index is 14.2. The number of hydrogen-bond donors (Lipinski definition) is 0. The molecule has 0 aliphatic carbocycles. The van der Waals surface area contributed by atoms with Gasteiger partial charge in [0.1, 0.15) is 0 Å². The van der Waals surface area contributed by atoms with Crippen molar-refractivity contribution in [3.63, 3.8) is 0 Å². The Balaban J connectivity index is 1.82. The van der Waals surface area contributed by atoms with Crippen LogP contribution in [0.3, 0.4) is 0 Å². The average molecular weight is 478 g/mol. The van der Waals surface area contributed by atoms with Gasteiger partial charge in [0.05, 0.1) is 33.9 Å². The van der Waals surface area contributed by atoms with Gasteiger partial charge in [-0.3, -0.25) is 18.4 Å². The van der Waals surface area contributed by atoms with Gasteiger partial charge in [-0.05, 0) is 67.1 Å². The number of benzene rings is 4. The van der Waals surface area contributed by atoms with E-state index < -0.39 is 0 Å². The summed E-state index contributed by atoms with van der Waals surface area (Å²) in [6.45, 7) is 14.0. The third-order valence-corrected chi connectivity index (χ3v) is 8.23. The topological polar surface area (TPSA) is 47.3 Å². The molecule has 174 valence electrons. The van der Waals surface area contributed by atoms with E-state index in [1.54, 1.807) is 4.40 Å². The number of hydrogen-bond acceptors (Lipinski definition) is 2. The van der Waals surface area contributed by atoms with E-state index in [1.165, 1.54) is 0 Å². The molecule has 0 unspecified atom stereocenters. The summed E-state index contributed by atoms with van der Waals surface area (Å²) in [5.41, 5.74) is 6.12. The summed E-state index contributed by atoms with van der Waals surface area (Å²) in [4.78, 5) is 32.2. The SMILES string of the molecule is [C-]#[N+]c1c2ccccc2n2c(=O)c3c(C)cc4c5c(c(C)cc(c35)c12)c(=O)n1c2ccccc2c(C)c41. The van der Waals surface area contributed by atoms with Gasteiger partial charge in [-0.2, -0.15) is 0 Å². The highest BCUT2D eigenvalue weighted by molar-refractivity contribution is 6.32. The summed E-state index contributed by atoms with van der Waals surface area (Å²) in [7, 11) is 0. The molecule has 0 saturated carbocycles. The van der Waals surface area contributed by atoms with Crippen molar-refractivity contribution in [2.45, 2.75) is 20.8 Å². The monoisotopic (exact) mass is 477 g/mol. The van der Waals surface area contributed by atoms with E-state index in [2.05, 4.69) is 23.9 Å². The van der Waals surface area contributed by atoms with Crippen LogP contribution < -0.4 is 11.1 Å². The highest BCUT2D eigenvalue weighted by atomic mass is 16.1. The highest BCUT2D eigenvalue weighted by Gasteiger charge is 2.26. The van der Waals surface area contributed by atoms with Crippen molar-refractivity contribution in [3.05, 3.63) is 109 Å². The van der Waals surface area contributed by atoms with Crippen molar-refractivity contribution >= 4 is 70.8 Å². The number of aryl methyl sites for hydroxylation is 3. The quantitative estimate of drug-likeness (QED) is 0.174. The van der Waals surface area contributed by atoms with Gasteiger partial charge in [0, 0.05) is 32.4 Å². The van der Waals surface area contributed by atoms with Crippen LogP contribution in [0.25, 0.3) is 70.0 Å². The molecular formula is C32H19N3O2. The molecule has 0 amide bonds. The van der Waals surface area contributed by atoms with Crippen molar-refractivity contribution in [2.24, 2.45) is 0 Å². The van der Waals surface area contributed by atoms with E-state index in [0.717, 1.165) is 65.6 Å². The minimum absolute atomic E-state index is 0.0744. The number of pyridine rings is 2. The third kappa shape index (κ3) is 2.12. The second-order valence-corrected chi connectivity index (χ2v) is 10.1. The maximum absolute atomic E-state index is 14.2. The number of rotatable bonds is 0. The van der Waals surface area contributed by atoms with Crippen molar-refractivity contribution < 1.29 is 0 Å². The van der Waals surface area contributed by atoms with Crippen LogP contribution in [-0.2, 0) is 0 Å². The van der Waals surface area contributed by atoms with Crippen LogP contribution in [0.4, 0.5) is 5.69 Å². The smallest absolute Gasteiger partial charge is 0.263 e. The summed E-state index contributed by atoms with van der Waals surface area (Å²) >= 11 is 0. The minimum Gasteiger partial charge on any atom is -0.287 e. The van der Waals surface area contributed by atoms with Crippen LogP contribution in [0.2, 0.25) is 0 Å². The van der Waals surface area contributed by atoms with Gasteiger partial charge in [0.25, 0.3) is 11.1 Å². The average Bonchev–Trinajstić information content (AvgIpc) is 3.40. The van der Waals surface area contributed by atoms with E-state index in [-0.39, 0.29) is 11.1 Å². The minimum atomic E-state index is -0.150. The van der Waals surface area contributed by atoms with E-state index in [1.807, 2.05) is 66.8 Å². The molecule has 0 saturated heterocycles. The molecule has 0 radical (unpaired) electrons. The van der Waals surface area contributed by atoms with Crippen molar-refractivity contribution in [1.29, 1.82) is 0 Å². The standard InChI is InChI=1S/C32H19N3O2/c1-15-13-20-26-24(31(36)34-22-11-7-5-9-18(22)17(3)29(20)34)16(2)14-21-27(26)25(15)32(37)35-23-12-8-6-10-19(23)28(33-4)30(21)35/h5-14H,1-3H3. The maximum Gasteiger partial charge on any atom is 0.263 e. The fraction of sp³-hybridized carbons (Fsp3) is 0.0938. The first kappa shape index (κ1) is 20.3. The molecule has 5 nitrogen and oxygen atoms in total. The Bertz CT molecular complexity index is 2490. The molecule has 0 spiro atoms. The predicted molar refractivity (Wildman–Crippen MR) is 151 cm³/mol. The van der Waals surface area contributed by atoms with Gasteiger partial charge in [-0.1, -0.05) is 36.4 Å². The summed E-state index contributed by atoms with van der Waals surface area (Å²) in [5.74, 6) is 0. The lowest BCUT2D eigenvalue weighted by atomic mass is 9.90. The normalized spacial score (nSPS) is 12.4. The molecule has 37 heavy (non-hydrogen) atoms. The molecule has 0 aliphatic rings. The Labute approximate surface area is 209 Å². The number of aromatic nitrogens is 2. The number of nitrogens with zero attached hydrogens (tertiary/aromatic N) is 3. The van der Waals surface area contributed by atoms with Crippen molar-refractivity contribution in [2.75, 3.05) is 0 Å². The fourth-order valence-electron chi connectivity index (χ4n) is 6.78. The molecule has 4 heterocycles. The van der Waals surface area contributed by atoms with Crippen LogP contribution in [0.1, 0.15) is 16.7 Å². The van der Waals surface area contributed by atoms with Gasteiger partial charge in [0.15, 0.2) is 0 Å². The van der Waals surface area contributed by atoms with Crippen LogP contribution in [-0.4, -0.2) is 8.80 Å². The van der Waals surface area contributed by atoms with E-state index in [4.69, 9.17) is 6.57 Å². The first-order valence-electron chi connectivity index (χ1n) is 12.3. The first-order valence-corrected chi connectivity index (χ1v) is 12.3.